The van der Waals surface area contributed by atoms with Crippen LogP contribution in [-0.4, -0.2) is 20.5 Å². The van der Waals surface area contributed by atoms with Gasteiger partial charge in [0.1, 0.15) is 5.75 Å². The SMILES string of the molecule is CCOc1ccc(-n2c(=O)n3n(c2=O)CCCC3)cc1. The van der Waals surface area contributed by atoms with Crippen molar-refractivity contribution >= 4 is 0 Å². The van der Waals surface area contributed by atoms with Gasteiger partial charge in [0.2, 0.25) is 0 Å². The van der Waals surface area contributed by atoms with Gasteiger partial charge < -0.3 is 4.74 Å². The van der Waals surface area contributed by atoms with Crippen molar-refractivity contribution in [3.05, 3.63) is 45.2 Å². The summed E-state index contributed by atoms with van der Waals surface area (Å²) in [5.41, 5.74) is 0.0515. The molecule has 0 radical (unpaired) electrons. The van der Waals surface area contributed by atoms with Gasteiger partial charge in [0.05, 0.1) is 12.3 Å². The minimum Gasteiger partial charge on any atom is -0.494 e. The zero-order valence-electron chi connectivity index (χ0n) is 11.4. The third-order valence-electron chi connectivity index (χ3n) is 3.51. The third-order valence-corrected chi connectivity index (χ3v) is 3.51. The van der Waals surface area contributed by atoms with Crippen LogP contribution in [0, 0.1) is 0 Å². The number of rotatable bonds is 3. The van der Waals surface area contributed by atoms with E-state index in [0.29, 0.717) is 25.4 Å². The van der Waals surface area contributed by atoms with Crippen LogP contribution in [0.15, 0.2) is 33.9 Å². The van der Waals surface area contributed by atoms with E-state index in [1.165, 1.54) is 13.9 Å². The molecule has 1 aromatic carbocycles. The second-order valence-corrected chi connectivity index (χ2v) is 4.78. The summed E-state index contributed by atoms with van der Waals surface area (Å²) in [5, 5.41) is 0. The molecule has 2 aromatic rings. The first kappa shape index (κ1) is 12.8. The summed E-state index contributed by atoms with van der Waals surface area (Å²) in [5.74, 6) is 0.730. The predicted molar refractivity (Wildman–Crippen MR) is 74.7 cm³/mol. The highest BCUT2D eigenvalue weighted by molar-refractivity contribution is 5.37. The fourth-order valence-electron chi connectivity index (χ4n) is 2.55. The molecule has 3 rings (SSSR count). The summed E-state index contributed by atoms with van der Waals surface area (Å²) >= 11 is 0. The molecule has 0 atom stereocenters. The first-order chi connectivity index (χ1) is 9.72. The Hall–Kier alpha value is -2.24. The fraction of sp³-hybridized carbons (Fsp3) is 0.429. The summed E-state index contributed by atoms with van der Waals surface area (Å²) < 4.78 is 9.65. The monoisotopic (exact) mass is 275 g/mol. The summed E-state index contributed by atoms with van der Waals surface area (Å²) in [7, 11) is 0. The Labute approximate surface area is 115 Å². The van der Waals surface area contributed by atoms with E-state index in [2.05, 4.69) is 0 Å². The Balaban J connectivity index is 2.08. The second kappa shape index (κ2) is 5.03. The number of nitrogens with zero attached hydrogens (tertiary/aromatic N) is 3. The molecule has 6 heteroatoms. The van der Waals surface area contributed by atoms with Crippen LogP contribution in [0.1, 0.15) is 19.8 Å². The van der Waals surface area contributed by atoms with Crippen LogP contribution >= 0.6 is 0 Å². The molecule has 0 amide bonds. The Morgan fingerprint density at radius 1 is 1.00 bits per heavy atom. The van der Waals surface area contributed by atoms with Crippen LogP contribution in [0.5, 0.6) is 5.75 Å². The van der Waals surface area contributed by atoms with Gasteiger partial charge in [-0.3, -0.25) is 0 Å². The van der Waals surface area contributed by atoms with E-state index in [0.717, 1.165) is 18.6 Å². The highest BCUT2D eigenvalue weighted by Crippen LogP contribution is 2.13. The lowest BCUT2D eigenvalue weighted by Crippen LogP contribution is -2.30. The lowest BCUT2D eigenvalue weighted by atomic mass is 10.3. The molecular formula is C14H17N3O3. The minimum atomic E-state index is -0.265. The molecule has 0 saturated carbocycles. The quantitative estimate of drug-likeness (QED) is 0.839. The van der Waals surface area contributed by atoms with Crippen LogP contribution in [0.25, 0.3) is 5.69 Å². The van der Waals surface area contributed by atoms with Crippen molar-refractivity contribution in [3.63, 3.8) is 0 Å². The maximum Gasteiger partial charge on any atom is 0.351 e. The Morgan fingerprint density at radius 3 is 2.05 bits per heavy atom. The van der Waals surface area contributed by atoms with E-state index in [-0.39, 0.29) is 11.4 Å². The van der Waals surface area contributed by atoms with Crippen molar-refractivity contribution in [2.45, 2.75) is 32.9 Å². The average molecular weight is 275 g/mol. The fourth-order valence-corrected chi connectivity index (χ4v) is 2.55. The standard InChI is InChI=1S/C14H17N3O3/c1-2-20-12-7-5-11(6-8-12)17-13(18)15-9-3-4-10-16(15)14(17)19/h5-8H,2-4,9-10H2,1H3. The van der Waals surface area contributed by atoms with Crippen LogP contribution in [0.4, 0.5) is 0 Å². The van der Waals surface area contributed by atoms with E-state index >= 15 is 0 Å². The topological polar surface area (TPSA) is 58.2 Å². The molecule has 1 aliphatic heterocycles. The Morgan fingerprint density at radius 2 is 1.55 bits per heavy atom. The van der Waals surface area contributed by atoms with Crippen molar-refractivity contribution in [1.82, 2.24) is 13.9 Å². The van der Waals surface area contributed by atoms with Gasteiger partial charge in [-0.25, -0.2) is 23.5 Å². The van der Waals surface area contributed by atoms with Crippen LogP contribution in [0.3, 0.4) is 0 Å². The Bertz CT molecular complexity index is 684. The first-order valence-corrected chi connectivity index (χ1v) is 6.88. The number of hydrogen-bond acceptors (Lipinski definition) is 3. The molecule has 0 spiro atoms. The maximum atomic E-state index is 12.3. The summed E-state index contributed by atoms with van der Waals surface area (Å²) in [6.45, 7) is 3.71. The van der Waals surface area contributed by atoms with Gasteiger partial charge in [-0.15, -0.1) is 0 Å². The van der Waals surface area contributed by atoms with Gasteiger partial charge in [0, 0.05) is 13.1 Å². The predicted octanol–water partition coefficient (Wildman–Crippen LogP) is 0.993. The van der Waals surface area contributed by atoms with Crippen molar-refractivity contribution in [1.29, 1.82) is 0 Å². The largest absolute Gasteiger partial charge is 0.494 e. The van der Waals surface area contributed by atoms with E-state index in [9.17, 15) is 9.59 Å². The summed E-state index contributed by atoms with van der Waals surface area (Å²) in [6, 6.07) is 7.01. The van der Waals surface area contributed by atoms with Crippen molar-refractivity contribution in [3.8, 4) is 11.4 Å². The van der Waals surface area contributed by atoms with Gasteiger partial charge in [-0.2, -0.15) is 0 Å². The molecule has 1 aliphatic rings. The number of benzene rings is 1. The molecule has 0 bridgehead atoms. The van der Waals surface area contributed by atoms with E-state index in [4.69, 9.17) is 4.74 Å². The normalized spacial score (nSPS) is 14.1. The van der Waals surface area contributed by atoms with E-state index in [1.807, 2.05) is 6.92 Å². The van der Waals surface area contributed by atoms with Gasteiger partial charge in [0.15, 0.2) is 0 Å². The summed E-state index contributed by atoms with van der Waals surface area (Å²) in [6.07, 6.45) is 1.87. The lowest BCUT2D eigenvalue weighted by Gasteiger charge is -2.13. The zero-order chi connectivity index (χ0) is 14.1. The third kappa shape index (κ3) is 1.97. The molecule has 106 valence electrons. The molecule has 0 saturated heterocycles. The minimum absolute atomic E-state index is 0.265. The maximum absolute atomic E-state index is 12.3. The highest BCUT2D eigenvalue weighted by atomic mass is 16.5. The summed E-state index contributed by atoms with van der Waals surface area (Å²) in [4.78, 5) is 24.6. The Kier molecular flexibility index (Phi) is 3.22. The molecule has 0 unspecified atom stereocenters. The van der Waals surface area contributed by atoms with Crippen LogP contribution < -0.4 is 16.1 Å². The molecular weight excluding hydrogens is 258 g/mol. The molecule has 2 heterocycles. The zero-order valence-corrected chi connectivity index (χ0v) is 11.4. The number of hydrogen-bond donors (Lipinski definition) is 0. The average Bonchev–Trinajstić information content (AvgIpc) is 2.73. The smallest absolute Gasteiger partial charge is 0.351 e. The van der Waals surface area contributed by atoms with Gasteiger partial charge in [-0.05, 0) is 44.0 Å². The highest BCUT2D eigenvalue weighted by Gasteiger charge is 2.19. The van der Waals surface area contributed by atoms with E-state index < -0.39 is 0 Å². The number of aromatic nitrogens is 3. The second-order valence-electron chi connectivity index (χ2n) is 4.78. The van der Waals surface area contributed by atoms with Crippen LogP contribution in [0.2, 0.25) is 0 Å². The molecule has 0 N–H and O–H groups in total. The van der Waals surface area contributed by atoms with E-state index in [1.54, 1.807) is 24.3 Å². The van der Waals surface area contributed by atoms with Crippen molar-refractivity contribution < 1.29 is 4.74 Å². The van der Waals surface area contributed by atoms with Gasteiger partial charge in [-0.1, -0.05) is 0 Å². The van der Waals surface area contributed by atoms with Gasteiger partial charge in [0.25, 0.3) is 0 Å². The molecule has 0 aliphatic carbocycles. The molecule has 6 nitrogen and oxygen atoms in total. The molecule has 1 aromatic heterocycles. The van der Waals surface area contributed by atoms with Gasteiger partial charge >= 0.3 is 11.4 Å². The number of ether oxygens (including phenoxy) is 1. The number of fused-ring (bicyclic) bond motifs is 1. The molecule has 0 fully saturated rings. The molecule has 20 heavy (non-hydrogen) atoms. The van der Waals surface area contributed by atoms with Crippen LogP contribution in [-0.2, 0) is 13.1 Å². The lowest BCUT2D eigenvalue weighted by molar-refractivity contribution is 0.340. The van der Waals surface area contributed by atoms with Crippen molar-refractivity contribution in [2.75, 3.05) is 6.61 Å². The first-order valence-electron chi connectivity index (χ1n) is 6.88. The van der Waals surface area contributed by atoms with Crippen molar-refractivity contribution in [2.24, 2.45) is 0 Å².